The Morgan fingerprint density at radius 3 is 0.667 bits per heavy atom. The molecule has 0 heterocycles. The van der Waals surface area contributed by atoms with Crippen LogP contribution in [0.2, 0.25) is 0 Å². The van der Waals surface area contributed by atoms with Crippen molar-refractivity contribution in [1.82, 2.24) is 0 Å². The molecule has 0 bridgehead atoms. The minimum Gasteiger partial charge on any atom is -1.00 e. The summed E-state index contributed by atoms with van der Waals surface area (Å²) in [7, 11) is 0. The summed E-state index contributed by atoms with van der Waals surface area (Å²) in [5, 5.41) is 0. The van der Waals surface area contributed by atoms with Crippen molar-refractivity contribution < 1.29 is 93.1 Å². The third kappa shape index (κ3) is 29.9. The van der Waals surface area contributed by atoms with Crippen molar-refractivity contribution in [3.8, 4) is 0 Å². The Morgan fingerprint density at radius 2 is 0.667 bits per heavy atom. The molecule has 0 amide bonds. The maximum absolute atomic E-state index is 3.00. The van der Waals surface area contributed by atoms with Crippen molar-refractivity contribution >= 4 is 0 Å². The summed E-state index contributed by atoms with van der Waals surface area (Å²) in [6.07, 6.45) is 0. The van der Waals surface area contributed by atoms with E-state index in [0.717, 1.165) is 0 Å². The molecule has 0 aromatic carbocycles. The normalized spacial score (nSPS) is 0.667. The molecular weight excluding hydrogens is 230 g/mol. The predicted octanol–water partition coefficient (Wildman–Crippen LogP) is -11.2. The van der Waals surface area contributed by atoms with Crippen molar-refractivity contribution in [2.24, 2.45) is 0 Å². The van der Waals surface area contributed by atoms with Gasteiger partial charge in [0.2, 0.25) is 0 Å². The van der Waals surface area contributed by atoms with Gasteiger partial charge in [-0.05, 0) is 0 Å². The Hall–Kier alpha value is 2.70. The fourth-order valence-corrected chi connectivity index (χ4v) is 0. The molecule has 0 nitrogen and oxygen atoms in total. The van der Waals surface area contributed by atoms with E-state index in [9.17, 15) is 0 Å². The van der Waals surface area contributed by atoms with Crippen molar-refractivity contribution in [2.75, 3.05) is 0 Å². The minimum atomic E-state index is 0. The number of hydrogen-bond acceptors (Lipinski definition) is 0. The van der Waals surface area contributed by atoms with E-state index in [1.165, 1.54) is 0 Å². The number of halogens is 2. The van der Waals surface area contributed by atoms with Crippen LogP contribution in [0.15, 0.2) is 13.2 Å². The Labute approximate surface area is 104 Å². The number of hydrogen-bond donors (Lipinski definition) is 0. The van der Waals surface area contributed by atoms with Gasteiger partial charge in [-0.25, -0.2) is 0 Å². The minimum absolute atomic E-state index is 0. The Bertz CT molecular complexity index is 9.51. The van der Waals surface area contributed by atoms with Gasteiger partial charge in [0.1, 0.15) is 0 Å². The van der Waals surface area contributed by atoms with Crippen molar-refractivity contribution in [3.05, 3.63) is 13.2 Å². The van der Waals surface area contributed by atoms with E-state index < -0.39 is 0 Å². The van der Waals surface area contributed by atoms with E-state index >= 15 is 0 Å². The van der Waals surface area contributed by atoms with Gasteiger partial charge in [0.05, 0.1) is 0 Å². The first-order valence-corrected chi connectivity index (χ1v) is 0.500. The molecule has 0 aromatic rings. The van der Waals surface area contributed by atoms with Crippen LogP contribution >= 0.6 is 0 Å². The first-order valence-electron chi connectivity index (χ1n) is 0.500. The van der Waals surface area contributed by atoms with Gasteiger partial charge in [0.25, 0.3) is 0 Å². The number of rotatable bonds is 0. The van der Waals surface area contributed by atoms with Gasteiger partial charge in [0.15, 0.2) is 0 Å². The molecule has 0 unspecified atom stereocenters. The standard InChI is InChI=1S/C2H4.2BrH.2Na/c1-2;;;;/h1-2H2;2*1H;;/q;;;2*+1/p-2. The molecule has 0 aliphatic rings. The first-order chi connectivity index (χ1) is 1.00. The maximum atomic E-state index is 3.00. The van der Waals surface area contributed by atoms with Crippen LogP contribution in [0, 0.1) is 0 Å². The van der Waals surface area contributed by atoms with E-state index in [-0.39, 0.29) is 93.1 Å². The van der Waals surface area contributed by atoms with Crippen molar-refractivity contribution in [1.29, 1.82) is 0 Å². The monoisotopic (exact) mass is 232 g/mol. The first kappa shape index (κ1) is 37.7. The van der Waals surface area contributed by atoms with E-state index in [1.807, 2.05) is 0 Å². The zero-order chi connectivity index (χ0) is 2.00. The summed E-state index contributed by atoms with van der Waals surface area (Å²) in [4.78, 5) is 0. The molecular formula is C2H4Br2Na2. The summed E-state index contributed by atoms with van der Waals surface area (Å²) in [6.45, 7) is 6.00. The van der Waals surface area contributed by atoms with E-state index in [4.69, 9.17) is 0 Å². The Balaban J connectivity index is -0.000000000833. The third-order valence-electron chi connectivity index (χ3n) is 0. The fraction of sp³-hybridized carbons (Fsp3) is 0. The van der Waals surface area contributed by atoms with Crippen LogP contribution in [0.4, 0.5) is 0 Å². The van der Waals surface area contributed by atoms with E-state index in [2.05, 4.69) is 13.2 Å². The maximum Gasteiger partial charge on any atom is 1.00 e. The molecule has 0 N–H and O–H groups in total. The zero-order valence-electron chi connectivity index (χ0n) is 4.17. The molecule has 0 rings (SSSR count). The van der Waals surface area contributed by atoms with Gasteiger partial charge in [0, 0.05) is 0 Å². The molecule has 0 saturated carbocycles. The molecule has 0 radical (unpaired) electrons. The van der Waals surface area contributed by atoms with Gasteiger partial charge in [-0.1, -0.05) is 0 Å². The molecule has 0 fully saturated rings. The quantitative estimate of drug-likeness (QED) is 0.288. The Kier molecular flexibility index (Phi) is 298. The van der Waals surface area contributed by atoms with Gasteiger partial charge >= 0.3 is 59.1 Å². The van der Waals surface area contributed by atoms with Gasteiger partial charge < -0.3 is 34.0 Å². The summed E-state index contributed by atoms with van der Waals surface area (Å²) in [6, 6.07) is 0. The Morgan fingerprint density at radius 1 is 0.667 bits per heavy atom. The third-order valence-corrected chi connectivity index (χ3v) is 0. The average Bonchev–Trinajstić information content (AvgIpc) is 1.00. The SMILES string of the molecule is C=C.[Br-].[Br-].[Na+].[Na+]. The van der Waals surface area contributed by atoms with Crippen LogP contribution in [0.3, 0.4) is 0 Å². The second-order valence-electron chi connectivity index (χ2n) is 0. The van der Waals surface area contributed by atoms with Gasteiger partial charge in [-0.2, -0.15) is 0 Å². The molecule has 6 heavy (non-hydrogen) atoms. The zero-order valence-corrected chi connectivity index (χ0v) is 11.3. The van der Waals surface area contributed by atoms with Crippen LogP contribution in [0.25, 0.3) is 0 Å². The van der Waals surface area contributed by atoms with E-state index in [1.54, 1.807) is 0 Å². The summed E-state index contributed by atoms with van der Waals surface area (Å²) < 4.78 is 0. The average molecular weight is 234 g/mol. The second-order valence-corrected chi connectivity index (χ2v) is 0. The molecule has 0 aliphatic carbocycles. The van der Waals surface area contributed by atoms with Gasteiger partial charge in [-0.15, -0.1) is 13.2 Å². The topological polar surface area (TPSA) is 0 Å². The molecule has 0 aliphatic heterocycles. The summed E-state index contributed by atoms with van der Waals surface area (Å²) in [5.41, 5.74) is 0. The second kappa shape index (κ2) is 47.4. The molecule has 0 spiro atoms. The van der Waals surface area contributed by atoms with Crippen LogP contribution in [-0.4, -0.2) is 0 Å². The molecule has 0 atom stereocenters. The summed E-state index contributed by atoms with van der Waals surface area (Å²) >= 11 is 0. The van der Waals surface area contributed by atoms with Gasteiger partial charge in [-0.3, -0.25) is 0 Å². The molecule has 0 saturated heterocycles. The van der Waals surface area contributed by atoms with Crippen molar-refractivity contribution in [3.63, 3.8) is 0 Å². The van der Waals surface area contributed by atoms with Crippen LogP contribution < -0.4 is 93.1 Å². The van der Waals surface area contributed by atoms with Crippen LogP contribution in [0.5, 0.6) is 0 Å². The summed E-state index contributed by atoms with van der Waals surface area (Å²) in [5.74, 6) is 0. The fourth-order valence-electron chi connectivity index (χ4n) is 0. The van der Waals surface area contributed by atoms with Crippen LogP contribution in [0.1, 0.15) is 0 Å². The molecule has 0 aromatic heterocycles. The van der Waals surface area contributed by atoms with Crippen molar-refractivity contribution in [2.45, 2.75) is 0 Å². The predicted molar refractivity (Wildman–Crippen MR) is 11.3 cm³/mol. The van der Waals surface area contributed by atoms with E-state index in [0.29, 0.717) is 0 Å². The smallest absolute Gasteiger partial charge is 1.00 e. The molecule has 4 heteroatoms. The van der Waals surface area contributed by atoms with Crippen LogP contribution in [-0.2, 0) is 0 Å². The largest absolute Gasteiger partial charge is 1.00 e. The molecule has 28 valence electrons.